The van der Waals surface area contributed by atoms with E-state index in [9.17, 15) is 9.59 Å². The van der Waals surface area contributed by atoms with Gasteiger partial charge >= 0.3 is 5.97 Å². The normalized spacial score (nSPS) is 22.9. The lowest BCUT2D eigenvalue weighted by Crippen LogP contribution is -2.41. The van der Waals surface area contributed by atoms with Gasteiger partial charge in [-0.2, -0.15) is 0 Å². The second kappa shape index (κ2) is 6.69. The molecule has 1 amide bonds. The van der Waals surface area contributed by atoms with Crippen LogP contribution < -0.4 is 5.32 Å². The first-order valence-corrected chi connectivity index (χ1v) is 8.55. The Morgan fingerprint density at radius 2 is 1.83 bits per heavy atom. The first-order valence-electron chi connectivity index (χ1n) is 7.73. The minimum atomic E-state index is -1.01. The molecule has 124 valence electrons. The number of rotatable bonds is 4. The van der Waals surface area contributed by atoms with E-state index in [-0.39, 0.29) is 18.3 Å². The number of hydrogen-bond donors (Lipinski definition) is 1. The molecule has 2 atom stereocenters. The average molecular weight is 341 g/mol. The molecular formula is C19H19NO3S. The molecule has 0 radical (unpaired) electrons. The van der Waals surface area contributed by atoms with Gasteiger partial charge in [0.25, 0.3) is 0 Å². The number of amides is 1. The molecule has 2 aromatic carbocycles. The van der Waals surface area contributed by atoms with Gasteiger partial charge in [0.1, 0.15) is 0 Å². The van der Waals surface area contributed by atoms with Crippen LogP contribution in [-0.4, -0.2) is 23.7 Å². The van der Waals surface area contributed by atoms with Gasteiger partial charge in [0, 0.05) is 4.90 Å². The molecule has 5 heteroatoms. The monoisotopic (exact) mass is 341 g/mol. The van der Waals surface area contributed by atoms with Crippen LogP contribution in [0.1, 0.15) is 23.6 Å². The number of carbonyl (C=O) groups is 2. The molecule has 0 bridgehead atoms. The Bertz CT molecular complexity index is 745. The number of carbonyl (C=O) groups excluding carboxylic acids is 2. The van der Waals surface area contributed by atoms with Crippen LogP contribution in [0.3, 0.4) is 0 Å². The van der Waals surface area contributed by atoms with Crippen molar-refractivity contribution in [1.29, 1.82) is 0 Å². The van der Waals surface area contributed by atoms with E-state index in [1.807, 2.05) is 61.5 Å². The lowest BCUT2D eigenvalue weighted by molar-refractivity contribution is -0.144. The number of benzene rings is 2. The Morgan fingerprint density at radius 3 is 2.46 bits per heavy atom. The molecule has 3 rings (SSSR count). The van der Waals surface area contributed by atoms with E-state index >= 15 is 0 Å². The van der Waals surface area contributed by atoms with Gasteiger partial charge in [0.05, 0.1) is 19.6 Å². The summed E-state index contributed by atoms with van der Waals surface area (Å²) in [5, 5.41) is 2.95. The summed E-state index contributed by atoms with van der Waals surface area (Å²) in [6.45, 7) is 2.01. The van der Waals surface area contributed by atoms with Gasteiger partial charge in [-0.25, -0.2) is 0 Å². The van der Waals surface area contributed by atoms with Crippen LogP contribution in [0, 0.1) is 6.92 Å². The van der Waals surface area contributed by atoms with E-state index < -0.39 is 10.8 Å². The molecule has 2 aromatic rings. The molecule has 4 nitrogen and oxygen atoms in total. The van der Waals surface area contributed by atoms with Crippen molar-refractivity contribution < 1.29 is 14.3 Å². The molecule has 0 unspecified atom stereocenters. The number of aryl methyl sites for hydroxylation is 1. The van der Waals surface area contributed by atoms with Gasteiger partial charge in [-0.1, -0.05) is 48.0 Å². The fourth-order valence-corrected chi connectivity index (χ4v) is 4.36. The minimum absolute atomic E-state index is 0.0950. The standard InChI is InChI=1S/C19H19NO3S/c1-13-8-10-15(11-9-13)24-19(18(22)23-2)12-16(21)20-17(19)14-6-4-3-5-7-14/h3-11,17H,12H2,1-2H3,(H,20,21)/t17-,19-/m1/s1. The zero-order chi connectivity index (χ0) is 17.2. The third-order valence-corrected chi connectivity index (χ3v) is 5.60. The minimum Gasteiger partial charge on any atom is -0.468 e. The molecule has 24 heavy (non-hydrogen) atoms. The third kappa shape index (κ3) is 3.04. The van der Waals surface area contributed by atoms with Crippen molar-refractivity contribution in [3.8, 4) is 0 Å². The molecule has 0 aromatic heterocycles. The van der Waals surface area contributed by atoms with Crippen molar-refractivity contribution in [3.05, 3.63) is 65.7 Å². The third-order valence-electron chi connectivity index (χ3n) is 4.18. The van der Waals surface area contributed by atoms with Gasteiger partial charge in [-0.3, -0.25) is 9.59 Å². The van der Waals surface area contributed by atoms with Gasteiger partial charge in [-0.15, -0.1) is 11.8 Å². The summed E-state index contributed by atoms with van der Waals surface area (Å²) in [6.07, 6.45) is 0.0950. The van der Waals surface area contributed by atoms with Crippen molar-refractivity contribution in [2.75, 3.05) is 7.11 Å². The Labute approximate surface area is 145 Å². The Hall–Kier alpha value is -2.27. The summed E-state index contributed by atoms with van der Waals surface area (Å²) in [7, 11) is 1.37. The van der Waals surface area contributed by atoms with E-state index in [0.717, 1.165) is 16.0 Å². The second-order valence-electron chi connectivity index (χ2n) is 5.88. The van der Waals surface area contributed by atoms with Crippen LogP contribution in [0.5, 0.6) is 0 Å². The van der Waals surface area contributed by atoms with E-state index in [1.165, 1.54) is 18.9 Å². The quantitative estimate of drug-likeness (QED) is 0.867. The highest BCUT2D eigenvalue weighted by molar-refractivity contribution is 8.01. The fraction of sp³-hybridized carbons (Fsp3) is 0.263. The maximum Gasteiger partial charge on any atom is 0.325 e. The molecule has 1 fully saturated rings. The van der Waals surface area contributed by atoms with Crippen molar-refractivity contribution >= 4 is 23.6 Å². The largest absolute Gasteiger partial charge is 0.468 e. The van der Waals surface area contributed by atoms with E-state index in [2.05, 4.69) is 5.32 Å². The smallest absolute Gasteiger partial charge is 0.325 e. The number of ether oxygens (including phenoxy) is 1. The lowest BCUT2D eigenvalue weighted by atomic mass is 9.93. The van der Waals surface area contributed by atoms with Crippen LogP contribution >= 0.6 is 11.8 Å². The first-order chi connectivity index (χ1) is 11.5. The molecule has 1 heterocycles. The highest BCUT2D eigenvalue weighted by Gasteiger charge is 2.55. The number of nitrogens with one attached hydrogen (secondary N) is 1. The van der Waals surface area contributed by atoms with Crippen LogP contribution in [0.4, 0.5) is 0 Å². The van der Waals surface area contributed by atoms with E-state index in [0.29, 0.717) is 0 Å². The summed E-state index contributed by atoms with van der Waals surface area (Å²) in [6, 6.07) is 17.1. The maximum atomic E-state index is 12.7. The molecule has 1 aliphatic heterocycles. The first kappa shape index (κ1) is 16.6. The van der Waals surface area contributed by atoms with Crippen LogP contribution in [0.15, 0.2) is 59.5 Å². The molecule has 1 aliphatic rings. The molecule has 1 N–H and O–H groups in total. The number of esters is 1. The van der Waals surface area contributed by atoms with Crippen molar-refractivity contribution in [3.63, 3.8) is 0 Å². The van der Waals surface area contributed by atoms with Gasteiger partial charge < -0.3 is 10.1 Å². The number of hydrogen-bond acceptors (Lipinski definition) is 4. The number of methoxy groups -OCH3 is 1. The van der Waals surface area contributed by atoms with Gasteiger partial charge in [0.2, 0.25) is 5.91 Å². The van der Waals surface area contributed by atoms with Gasteiger partial charge in [-0.05, 0) is 24.6 Å². The summed E-state index contributed by atoms with van der Waals surface area (Å²) in [4.78, 5) is 25.8. The Morgan fingerprint density at radius 1 is 1.17 bits per heavy atom. The lowest BCUT2D eigenvalue weighted by Gasteiger charge is -2.31. The molecule has 0 aliphatic carbocycles. The average Bonchev–Trinajstić information content (AvgIpc) is 2.94. The molecule has 0 saturated carbocycles. The number of thioether (sulfide) groups is 1. The molecule has 1 saturated heterocycles. The van der Waals surface area contributed by atoms with Crippen LogP contribution in [-0.2, 0) is 14.3 Å². The second-order valence-corrected chi connectivity index (χ2v) is 7.29. The Balaban J connectivity index is 2.04. The van der Waals surface area contributed by atoms with E-state index in [4.69, 9.17) is 4.74 Å². The SMILES string of the molecule is COC(=O)[C@@]1(Sc2ccc(C)cc2)CC(=O)N[C@@H]1c1ccccc1. The molecular weight excluding hydrogens is 322 g/mol. The summed E-state index contributed by atoms with van der Waals surface area (Å²) in [5.41, 5.74) is 2.04. The predicted molar refractivity (Wildman–Crippen MR) is 93.7 cm³/mol. The van der Waals surface area contributed by atoms with Crippen molar-refractivity contribution in [2.45, 2.75) is 29.0 Å². The summed E-state index contributed by atoms with van der Waals surface area (Å²) in [5.74, 6) is -0.533. The van der Waals surface area contributed by atoms with Gasteiger partial charge in [0.15, 0.2) is 4.75 Å². The molecule has 0 spiro atoms. The highest BCUT2D eigenvalue weighted by atomic mass is 32.2. The highest BCUT2D eigenvalue weighted by Crippen LogP contribution is 2.48. The van der Waals surface area contributed by atoms with Crippen LogP contribution in [0.25, 0.3) is 0 Å². The zero-order valence-corrected chi connectivity index (χ0v) is 14.4. The van der Waals surface area contributed by atoms with E-state index in [1.54, 1.807) is 0 Å². The Kier molecular flexibility index (Phi) is 4.62. The van der Waals surface area contributed by atoms with Crippen molar-refractivity contribution in [2.24, 2.45) is 0 Å². The predicted octanol–water partition coefficient (Wildman–Crippen LogP) is 3.26. The topological polar surface area (TPSA) is 55.4 Å². The van der Waals surface area contributed by atoms with Crippen LogP contribution in [0.2, 0.25) is 0 Å². The maximum absolute atomic E-state index is 12.7. The van der Waals surface area contributed by atoms with Crippen molar-refractivity contribution in [1.82, 2.24) is 5.32 Å². The summed E-state index contributed by atoms with van der Waals surface area (Å²) < 4.78 is 4.07. The fourth-order valence-electron chi connectivity index (χ4n) is 2.98. The summed E-state index contributed by atoms with van der Waals surface area (Å²) >= 11 is 1.39. The zero-order valence-electron chi connectivity index (χ0n) is 13.6.